The molecule has 102 valence electrons. The molecule has 0 radical (unpaired) electrons. The molecule has 0 spiro atoms. The molecule has 1 aliphatic carbocycles. The summed E-state index contributed by atoms with van der Waals surface area (Å²) in [6, 6.07) is 1.50. The normalized spacial score (nSPS) is 20.5. The first-order chi connectivity index (χ1) is 8.27. The molecule has 0 bridgehead atoms. The maximum Gasteiger partial charge on any atom is 0.00695 e. The molecule has 0 aromatic carbocycles. The first-order valence-electron chi connectivity index (χ1n) is 8.04. The number of nitrogens with one attached hydrogen (secondary N) is 1. The molecule has 0 aromatic heterocycles. The summed E-state index contributed by atoms with van der Waals surface area (Å²) in [5.74, 6) is 0.939. The quantitative estimate of drug-likeness (QED) is 0.623. The van der Waals surface area contributed by atoms with Crippen molar-refractivity contribution in [3.8, 4) is 0 Å². The molecular formula is C16H33N. The summed E-state index contributed by atoms with van der Waals surface area (Å²) in [6.07, 6.45) is 14.1. The first kappa shape index (κ1) is 15.0. The molecule has 1 atom stereocenters. The molecule has 0 aromatic rings. The average Bonchev–Trinajstić information content (AvgIpc) is 2.58. The van der Waals surface area contributed by atoms with Gasteiger partial charge < -0.3 is 5.32 Å². The minimum Gasteiger partial charge on any atom is -0.311 e. The van der Waals surface area contributed by atoms with Crippen LogP contribution >= 0.6 is 0 Å². The van der Waals surface area contributed by atoms with E-state index in [-0.39, 0.29) is 0 Å². The third-order valence-corrected chi connectivity index (χ3v) is 4.38. The number of rotatable bonds is 7. The zero-order valence-electron chi connectivity index (χ0n) is 12.3. The van der Waals surface area contributed by atoms with Crippen LogP contribution in [0.1, 0.15) is 85.0 Å². The van der Waals surface area contributed by atoms with Gasteiger partial charge in [0.15, 0.2) is 0 Å². The third kappa shape index (κ3) is 5.90. The van der Waals surface area contributed by atoms with E-state index in [2.05, 4.69) is 26.1 Å². The maximum atomic E-state index is 3.92. The van der Waals surface area contributed by atoms with Crippen molar-refractivity contribution < 1.29 is 0 Å². The van der Waals surface area contributed by atoms with Gasteiger partial charge in [-0.1, -0.05) is 52.4 Å². The highest BCUT2D eigenvalue weighted by Crippen LogP contribution is 2.26. The van der Waals surface area contributed by atoms with Crippen LogP contribution in [-0.2, 0) is 0 Å². The Kier molecular flexibility index (Phi) is 7.92. The van der Waals surface area contributed by atoms with E-state index in [1.165, 1.54) is 64.2 Å². The largest absolute Gasteiger partial charge is 0.311 e. The molecule has 0 unspecified atom stereocenters. The summed E-state index contributed by atoms with van der Waals surface area (Å²) < 4.78 is 0. The van der Waals surface area contributed by atoms with Gasteiger partial charge in [0.1, 0.15) is 0 Å². The van der Waals surface area contributed by atoms with E-state index in [1.54, 1.807) is 0 Å². The topological polar surface area (TPSA) is 12.0 Å². The Morgan fingerprint density at radius 2 is 1.47 bits per heavy atom. The molecule has 0 amide bonds. The maximum absolute atomic E-state index is 3.92. The van der Waals surface area contributed by atoms with Crippen LogP contribution in [0.2, 0.25) is 0 Å². The number of hydrogen-bond donors (Lipinski definition) is 1. The molecule has 17 heavy (non-hydrogen) atoms. The van der Waals surface area contributed by atoms with E-state index in [9.17, 15) is 0 Å². The van der Waals surface area contributed by atoms with Crippen molar-refractivity contribution in [1.82, 2.24) is 5.32 Å². The van der Waals surface area contributed by atoms with Crippen LogP contribution in [0, 0.1) is 5.92 Å². The van der Waals surface area contributed by atoms with Crippen molar-refractivity contribution in [1.29, 1.82) is 0 Å². The Morgan fingerprint density at radius 1 is 0.941 bits per heavy atom. The van der Waals surface area contributed by atoms with Gasteiger partial charge in [0.2, 0.25) is 0 Å². The van der Waals surface area contributed by atoms with Gasteiger partial charge in [-0.15, -0.1) is 0 Å². The van der Waals surface area contributed by atoms with Gasteiger partial charge in [-0.3, -0.25) is 0 Å². The summed E-state index contributed by atoms with van der Waals surface area (Å²) in [5, 5.41) is 3.92. The lowest BCUT2D eigenvalue weighted by Crippen LogP contribution is -2.40. The Labute approximate surface area is 109 Å². The highest BCUT2D eigenvalue weighted by atomic mass is 14.9. The van der Waals surface area contributed by atoms with Crippen molar-refractivity contribution in [3.05, 3.63) is 0 Å². The second-order valence-corrected chi connectivity index (χ2v) is 5.98. The molecule has 1 heteroatoms. The van der Waals surface area contributed by atoms with Crippen LogP contribution in [-0.4, -0.2) is 12.1 Å². The molecule has 1 fully saturated rings. The lowest BCUT2D eigenvalue weighted by atomic mass is 9.91. The van der Waals surface area contributed by atoms with Crippen LogP contribution in [0.3, 0.4) is 0 Å². The van der Waals surface area contributed by atoms with E-state index in [0.717, 1.165) is 18.0 Å². The smallest absolute Gasteiger partial charge is 0.00695 e. The van der Waals surface area contributed by atoms with Crippen LogP contribution in [0.5, 0.6) is 0 Å². The Hall–Kier alpha value is -0.0400. The molecule has 1 saturated carbocycles. The Bertz CT molecular complexity index is 164. The van der Waals surface area contributed by atoms with E-state index in [0.29, 0.717) is 0 Å². The van der Waals surface area contributed by atoms with Crippen molar-refractivity contribution in [3.63, 3.8) is 0 Å². The second kappa shape index (κ2) is 8.97. The molecule has 0 aliphatic heterocycles. The third-order valence-electron chi connectivity index (χ3n) is 4.38. The molecule has 1 N–H and O–H groups in total. The van der Waals surface area contributed by atoms with Gasteiger partial charge in [-0.05, 0) is 38.5 Å². The van der Waals surface area contributed by atoms with Gasteiger partial charge in [0.05, 0.1) is 0 Å². The van der Waals surface area contributed by atoms with Crippen LogP contribution < -0.4 is 5.32 Å². The number of hydrogen-bond acceptors (Lipinski definition) is 1. The van der Waals surface area contributed by atoms with Crippen molar-refractivity contribution in [2.45, 2.75) is 97.1 Å². The van der Waals surface area contributed by atoms with Crippen LogP contribution in [0.4, 0.5) is 0 Å². The zero-order chi connectivity index (χ0) is 12.5. The summed E-state index contributed by atoms with van der Waals surface area (Å²) >= 11 is 0. The lowest BCUT2D eigenvalue weighted by molar-refractivity contribution is 0.293. The summed E-state index contributed by atoms with van der Waals surface area (Å²) in [6.45, 7) is 7.04. The van der Waals surface area contributed by atoms with E-state index < -0.39 is 0 Å². The average molecular weight is 239 g/mol. The van der Waals surface area contributed by atoms with E-state index in [1.807, 2.05) is 0 Å². The summed E-state index contributed by atoms with van der Waals surface area (Å²) in [5.41, 5.74) is 0. The Balaban J connectivity index is 2.35. The summed E-state index contributed by atoms with van der Waals surface area (Å²) in [7, 11) is 0. The van der Waals surface area contributed by atoms with Gasteiger partial charge >= 0.3 is 0 Å². The summed E-state index contributed by atoms with van der Waals surface area (Å²) in [4.78, 5) is 0. The van der Waals surface area contributed by atoms with Crippen molar-refractivity contribution in [2.24, 2.45) is 5.92 Å². The fourth-order valence-corrected chi connectivity index (χ4v) is 3.33. The van der Waals surface area contributed by atoms with Gasteiger partial charge in [0.25, 0.3) is 0 Å². The minimum atomic E-state index is 0.733. The monoisotopic (exact) mass is 239 g/mol. The molecule has 0 heterocycles. The molecular weight excluding hydrogens is 206 g/mol. The first-order valence-corrected chi connectivity index (χ1v) is 8.04. The molecule has 1 rings (SSSR count). The molecule has 1 aliphatic rings. The van der Waals surface area contributed by atoms with Crippen LogP contribution in [0.25, 0.3) is 0 Å². The van der Waals surface area contributed by atoms with Crippen molar-refractivity contribution in [2.75, 3.05) is 0 Å². The van der Waals surface area contributed by atoms with Crippen LogP contribution in [0.15, 0.2) is 0 Å². The van der Waals surface area contributed by atoms with Gasteiger partial charge in [-0.2, -0.15) is 0 Å². The highest BCUT2D eigenvalue weighted by Gasteiger charge is 2.20. The SMILES string of the molecule is CCCC(CCC)N[C@@H](C)C1CCCCCC1. The second-order valence-electron chi connectivity index (χ2n) is 5.98. The standard InChI is InChI=1S/C16H33N/c1-4-10-16(11-5-2)17-14(3)15-12-8-6-7-9-13-15/h14-17H,4-13H2,1-3H3/t14-/m0/s1. The Morgan fingerprint density at radius 3 is 1.94 bits per heavy atom. The van der Waals surface area contributed by atoms with Gasteiger partial charge in [-0.25, -0.2) is 0 Å². The fourth-order valence-electron chi connectivity index (χ4n) is 3.33. The van der Waals surface area contributed by atoms with E-state index in [4.69, 9.17) is 0 Å². The lowest BCUT2D eigenvalue weighted by Gasteiger charge is -2.28. The molecule has 0 saturated heterocycles. The fraction of sp³-hybridized carbons (Fsp3) is 1.00. The van der Waals surface area contributed by atoms with Crippen molar-refractivity contribution >= 4 is 0 Å². The predicted molar refractivity (Wildman–Crippen MR) is 77.4 cm³/mol. The zero-order valence-corrected chi connectivity index (χ0v) is 12.3. The predicted octanol–water partition coefficient (Wildman–Crippen LogP) is 4.90. The minimum absolute atomic E-state index is 0.733. The highest BCUT2D eigenvalue weighted by molar-refractivity contribution is 4.78. The van der Waals surface area contributed by atoms with Gasteiger partial charge in [0, 0.05) is 12.1 Å². The van der Waals surface area contributed by atoms with E-state index >= 15 is 0 Å². The molecule has 1 nitrogen and oxygen atoms in total.